The third-order valence-electron chi connectivity index (χ3n) is 11.3. The molecule has 4 aliphatic rings. The van der Waals surface area contributed by atoms with Gasteiger partial charge in [-0.15, -0.1) is 0 Å². The number of allylic oxidation sites excluding steroid dienone is 2. The highest BCUT2D eigenvalue weighted by Crippen LogP contribution is 2.64. The van der Waals surface area contributed by atoms with Crippen LogP contribution in [0.5, 0.6) is 5.75 Å². The van der Waals surface area contributed by atoms with Crippen molar-refractivity contribution in [1.82, 2.24) is 9.99 Å². The smallest absolute Gasteiger partial charge is 0.488 e. The molecule has 18 heteroatoms. The summed E-state index contributed by atoms with van der Waals surface area (Å²) in [6.07, 6.45) is -2.79. The van der Waals surface area contributed by atoms with E-state index >= 15 is 9.18 Å². The van der Waals surface area contributed by atoms with Crippen LogP contribution in [-0.2, 0) is 30.8 Å². The minimum atomic E-state index is -4.80. The lowest BCUT2D eigenvalue weighted by Gasteiger charge is -2.50. The second-order valence-electron chi connectivity index (χ2n) is 14.1. The molecule has 1 aromatic heterocycles. The van der Waals surface area contributed by atoms with E-state index in [1.807, 2.05) is 0 Å². The van der Waals surface area contributed by atoms with Gasteiger partial charge >= 0.3 is 13.3 Å². The van der Waals surface area contributed by atoms with Crippen LogP contribution in [0.15, 0.2) is 90.6 Å². The predicted octanol–water partition coefficient (Wildman–Crippen LogP) is 5.12. The number of phenolic OH excluding ortho intramolecular Hbond substituents is 1. The van der Waals surface area contributed by atoms with E-state index < -0.39 is 99.9 Å². The number of anilines is 2. The lowest BCUT2D eigenvalue weighted by Crippen LogP contribution is -2.53. The van der Waals surface area contributed by atoms with Crippen molar-refractivity contribution in [2.75, 3.05) is 10.3 Å². The summed E-state index contributed by atoms with van der Waals surface area (Å²) in [5.41, 5.74) is 0.395. The number of nitrogens with one attached hydrogen (secondary N) is 1. The molecule has 3 heterocycles. The first-order valence-corrected chi connectivity index (χ1v) is 18.0. The number of rotatable bonds is 6. The minimum Gasteiger partial charge on any atom is -0.505 e. The van der Waals surface area contributed by atoms with Gasteiger partial charge in [0.05, 0.1) is 39.4 Å². The first-order valence-electron chi connectivity index (χ1n) is 17.2. The van der Waals surface area contributed by atoms with Gasteiger partial charge in [-0.1, -0.05) is 65.2 Å². The molecule has 3 fully saturated rings. The van der Waals surface area contributed by atoms with Crippen LogP contribution in [0.1, 0.15) is 35.4 Å². The quantitative estimate of drug-likeness (QED) is 0.0898. The Morgan fingerprint density at radius 1 is 0.911 bits per heavy atom. The number of carbonyl (C=O) groups is 4. The predicted molar refractivity (Wildman–Crippen MR) is 194 cm³/mol. The molecule has 8 rings (SSSR count). The molecule has 4 N–H and O–H groups in total. The van der Waals surface area contributed by atoms with E-state index in [1.54, 1.807) is 6.08 Å². The molecular formula is C38H27BCl2F4N4O7. The topological polar surface area (TPSA) is 160 Å². The van der Waals surface area contributed by atoms with E-state index in [1.165, 1.54) is 54.6 Å². The average molecular weight is 809 g/mol. The van der Waals surface area contributed by atoms with Gasteiger partial charge in [-0.25, -0.2) is 9.37 Å². The van der Waals surface area contributed by atoms with Gasteiger partial charge in [0.2, 0.25) is 11.8 Å². The van der Waals surface area contributed by atoms with Gasteiger partial charge in [0.1, 0.15) is 0 Å². The maximum absolute atomic E-state index is 15.3. The highest BCUT2D eigenvalue weighted by atomic mass is 35.5. The summed E-state index contributed by atoms with van der Waals surface area (Å²) in [6, 6.07) is 15.7. The summed E-state index contributed by atoms with van der Waals surface area (Å²) in [4.78, 5) is 63.1. The molecule has 1 saturated carbocycles. The summed E-state index contributed by atoms with van der Waals surface area (Å²) in [5, 5.41) is 30.1. The molecule has 0 unspecified atom stereocenters. The van der Waals surface area contributed by atoms with E-state index in [-0.39, 0.29) is 40.1 Å². The molecule has 0 radical (unpaired) electrons. The molecule has 0 bridgehead atoms. The number of carbonyl (C=O) groups excluding carboxylic acids is 4. The minimum absolute atomic E-state index is 0.00744. The van der Waals surface area contributed by atoms with Crippen LogP contribution in [0.4, 0.5) is 29.1 Å². The highest BCUT2D eigenvalue weighted by molar-refractivity contribution is 6.58. The van der Waals surface area contributed by atoms with Gasteiger partial charge in [-0.3, -0.25) is 29.5 Å². The van der Waals surface area contributed by atoms with Crippen molar-refractivity contribution in [3.8, 4) is 5.75 Å². The Kier molecular flexibility index (Phi) is 9.03. The lowest BCUT2D eigenvalue weighted by atomic mass is 9.49. The lowest BCUT2D eigenvalue weighted by molar-refractivity contribution is -0.139. The fraction of sp³-hybridized carbons (Fsp3) is 0.237. The molecule has 286 valence electrons. The standard InChI is InChI=1S/C38H27BCl2F4N4O7/c40-21-7-5-18(6-8-21)37-26(34(52)49(36(37)54)47-32-27(41)13-19(16-46-32)38(43,44)45)15-25-23(31(37)17-4-11-29(50)28(42)12-17)9-10-24-30(25)35(53)48(33(24)51)22-3-1-2-20(14-22)39(55)56/h1-9,11-14,16,24-26,30-31,50,55-56H,10,15H2,(H,46,47)/t24-,25+,26-,30-,31-,37+/m0/s1. The van der Waals surface area contributed by atoms with E-state index in [0.717, 1.165) is 17.0 Å². The van der Waals surface area contributed by atoms with E-state index in [0.29, 0.717) is 22.8 Å². The third-order valence-corrected chi connectivity index (χ3v) is 11.8. The first kappa shape index (κ1) is 37.6. The number of imide groups is 2. The number of hydrogen-bond donors (Lipinski definition) is 4. The Labute approximate surface area is 325 Å². The number of aromatic hydroxyl groups is 1. The van der Waals surface area contributed by atoms with Crippen LogP contribution in [-0.4, -0.2) is 55.9 Å². The summed E-state index contributed by atoms with van der Waals surface area (Å²) in [5.74, 6) is -10.6. The van der Waals surface area contributed by atoms with Gasteiger partial charge in [-0.2, -0.15) is 18.2 Å². The van der Waals surface area contributed by atoms with Crippen molar-refractivity contribution < 1.29 is 51.9 Å². The molecule has 3 aromatic carbocycles. The Hall–Kier alpha value is -5.29. The van der Waals surface area contributed by atoms with Gasteiger partial charge in [0.15, 0.2) is 17.4 Å². The Bertz CT molecular complexity index is 2380. The molecule has 2 saturated heterocycles. The zero-order valence-corrected chi connectivity index (χ0v) is 30.1. The fourth-order valence-corrected chi connectivity index (χ4v) is 9.27. The van der Waals surface area contributed by atoms with Crippen molar-refractivity contribution in [2.45, 2.75) is 30.4 Å². The zero-order chi connectivity index (χ0) is 40.0. The molecular weight excluding hydrogens is 782 g/mol. The van der Waals surface area contributed by atoms with Gasteiger partial charge in [-0.05, 0) is 77.8 Å². The van der Waals surface area contributed by atoms with E-state index in [4.69, 9.17) is 23.2 Å². The Balaban J connectivity index is 1.30. The monoisotopic (exact) mass is 808 g/mol. The number of benzene rings is 3. The van der Waals surface area contributed by atoms with Gasteiger partial charge in [0.25, 0.3) is 11.8 Å². The third kappa shape index (κ3) is 5.68. The van der Waals surface area contributed by atoms with Crippen molar-refractivity contribution in [2.24, 2.45) is 23.7 Å². The normalized spacial score (nSPS) is 25.9. The molecule has 4 amide bonds. The Morgan fingerprint density at radius 2 is 1.64 bits per heavy atom. The molecule has 6 atom stereocenters. The number of aromatic nitrogens is 1. The maximum atomic E-state index is 15.3. The number of alkyl halides is 3. The van der Waals surface area contributed by atoms with Gasteiger partial charge in [0, 0.05) is 17.1 Å². The molecule has 0 spiro atoms. The second-order valence-corrected chi connectivity index (χ2v) is 15.0. The number of hydrazine groups is 1. The number of pyridine rings is 1. The van der Waals surface area contributed by atoms with E-state index in [9.17, 15) is 42.7 Å². The second kappa shape index (κ2) is 13.4. The summed E-state index contributed by atoms with van der Waals surface area (Å²) in [6.45, 7) is 0. The number of nitrogens with zero attached hydrogens (tertiary/aromatic N) is 3. The summed E-state index contributed by atoms with van der Waals surface area (Å²) < 4.78 is 55.7. The van der Waals surface area contributed by atoms with Gasteiger partial charge < -0.3 is 15.2 Å². The number of fused-ring (bicyclic) bond motifs is 4. The zero-order valence-electron chi connectivity index (χ0n) is 28.5. The largest absolute Gasteiger partial charge is 0.505 e. The number of hydrogen-bond acceptors (Lipinski definition) is 9. The number of amides is 4. The fourth-order valence-electron chi connectivity index (χ4n) is 8.94. The van der Waals surface area contributed by atoms with Crippen LogP contribution >= 0.6 is 23.2 Å². The van der Waals surface area contributed by atoms with Crippen molar-refractivity contribution in [1.29, 1.82) is 0 Å². The summed E-state index contributed by atoms with van der Waals surface area (Å²) in [7, 11) is -1.89. The molecule has 56 heavy (non-hydrogen) atoms. The van der Waals surface area contributed by atoms with Crippen LogP contribution in [0.25, 0.3) is 0 Å². The van der Waals surface area contributed by atoms with Crippen molar-refractivity contribution >= 4 is 70.9 Å². The highest BCUT2D eigenvalue weighted by Gasteiger charge is 2.70. The van der Waals surface area contributed by atoms with Crippen LogP contribution in [0.3, 0.4) is 0 Å². The first-order chi connectivity index (χ1) is 26.5. The maximum Gasteiger partial charge on any atom is 0.488 e. The molecule has 2 aliphatic carbocycles. The SMILES string of the molecule is O=C1[C@@H]2C[C@@H]3C(=CC[C@@H]4C(=O)N(c5cccc(B(O)O)c5)C(=O)[C@@H]43)[C@H](c3ccc(O)c(F)c3)[C@]2(c2ccc(Cl)cc2)C(=O)N1Nc1ncc(C(F)(F)F)cc1Cl. The van der Waals surface area contributed by atoms with Crippen LogP contribution < -0.4 is 15.8 Å². The van der Waals surface area contributed by atoms with Crippen LogP contribution in [0, 0.1) is 29.5 Å². The van der Waals surface area contributed by atoms with E-state index in [2.05, 4.69) is 10.4 Å². The summed E-state index contributed by atoms with van der Waals surface area (Å²) >= 11 is 12.5. The average Bonchev–Trinajstić information content (AvgIpc) is 3.54. The number of halogens is 6. The van der Waals surface area contributed by atoms with Crippen molar-refractivity contribution in [3.05, 3.63) is 123 Å². The van der Waals surface area contributed by atoms with Crippen LogP contribution in [0.2, 0.25) is 10.0 Å². The molecule has 4 aromatic rings. The van der Waals surface area contributed by atoms with Crippen molar-refractivity contribution in [3.63, 3.8) is 0 Å². The molecule has 2 aliphatic heterocycles. The molecule has 11 nitrogen and oxygen atoms in total. The Morgan fingerprint density at radius 3 is 2.30 bits per heavy atom. The number of phenols is 1.